The van der Waals surface area contributed by atoms with Gasteiger partial charge in [-0.25, -0.2) is 0 Å². The first-order valence-corrected chi connectivity index (χ1v) is 5.39. The molecule has 0 aliphatic rings. The van der Waals surface area contributed by atoms with E-state index in [0.717, 1.165) is 16.9 Å². The number of halogens is 1. The molecule has 0 aliphatic carbocycles. The lowest BCUT2D eigenvalue weighted by atomic mass is 10.1. The van der Waals surface area contributed by atoms with E-state index in [-0.39, 0.29) is 0 Å². The average Bonchev–Trinajstić information content (AvgIpc) is 2.39. The molecule has 17 heavy (non-hydrogen) atoms. The van der Waals surface area contributed by atoms with E-state index in [1.807, 2.05) is 18.2 Å². The second-order valence-corrected chi connectivity index (χ2v) is 3.83. The van der Waals surface area contributed by atoms with E-state index in [1.54, 1.807) is 25.4 Å². The molecule has 0 saturated carbocycles. The van der Waals surface area contributed by atoms with Gasteiger partial charge in [-0.2, -0.15) is 0 Å². The Morgan fingerprint density at radius 1 is 1.29 bits per heavy atom. The lowest BCUT2D eigenvalue weighted by molar-refractivity contribution is 0.415. The van der Waals surface area contributed by atoms with E-state index >= 15 is 0 Å². The molecular weight excluding hydrogens is 238 g/mol. The summed E-state index contributed by atoms with van der Waals surface area (Å²) in [6, 6.07) is 9.14. The lowest BCUT2D eigenvalue weighted by Crippen LogP contribution is -2.06. The number of nitrogens with two attached hydrogens (primary N) is 1. The van der Waals surface area contributed by atoms with E-state index in [0.29, 0.717) is 10.8 Å². The minimum absolute atomic E-state index is 0.573. The number of aromatic nitrogens is 1. The largest absolute Gasteiger partial charge is 0.495 e. The summed E-state index contributed by atoms with van der Waals surface area (Å²) in [4.78, 5) is 4.27. The molecule has 0 saturated heterocycles. The third-order valence-electron chi connectivity index (χ3n) is 2.37. The number of nitrogens with one attached hydrogen (secondary N) is 1. The van der Waals surface area contributed by atoms with Gasteiger partial charge in [-0.3, -0.25) is 10.8 Å². The molecule has 1 aromatic heterocycles. The number of pyridine rings is 1. The van der Waals surface area contributed by atoms with Crippen LogP contribution in [0.2, 0.25) is 5.02 Å². The smallest absolute Gasteiger partial charge is 0.138 e. The highest BCUT2D eigenvalue weighted by molar-refractivity contribution is 6.32. The molecule has 5 heteroatoms. The summed E-state index contributed by atoms with van der Waals surface area (Å²) in [5.41, 5.74) is 5.10. The van der Waals surface area contributed by atoms with Crippen molar-refractivity contribution in [1.29, 1.82) is 0 Å². The summed E-state index contributed by atoms with van der Waals surface area (Å²) in [5, 5.41) is 0.573. The van der Waals surface area contributed by atoms with Gasteiger partial charge in [0, 0.05) is 11.8 Å². The van der Waals surface area contributed by atoms with Gasteiger partial charge in [0.05, 0.1) is 23.5 Å². The summed E-state index contributed by atoms with van der Waals surface area (Å²) in [6.07, 6.45) is 1.69. The van der Waals surface area contributed by atoms with Crippen LogP contribution in [0.4, 0.5) is 5.69 Å². The Balaban J connectivity index is 2.45. The molecule has 2 aromatic rings. The minimum Gasteiger partial charge on any atom is -0.495 e. The van der Waals surface area contributed by atoms with Gasteiger partial charge in [-0.05, 0) is 24.3 Å². The number of anilines is 1. The van der Waals surface area contributed by atoms with Crippen LogP contribution in [0, 0.1) is 0 Å². The SMILES string of the molecule is COc1cc(-c2cc(NN)ccn2)ccc1Cl. The molecule has 0 unspecified atom stereocenters. The van der Waals surface area contributed by atoms with E-state index in [4.69, 9.17) is 22.2 Å². The van der Waals surface area contributed by atoms with Gasteiger partial charge >= 0.3 is 0 Å². The van der Waals surface area contributed by atoms with Crippen LogP contribution in [0.5, 0.6) is 5.75 Å². The highest BCUT2D eigenvalue weighted by Gasteiger charge is 2.05. The number of nitrogens with zero attached hydrogens (tertiary/aromatic N) is 1. The van der Waals surface area contributed by atoms with Crippen LogP contribution >= 0.6 is 11.6 Å². The Kier molecular flexibility index (Phi) is 3.46. The lowest BCUT2D eigenvalue weighted by Gasteiger charge is -2.07. The number of rotatable bonds is 3. The molecule has 0 atom stereocenters. The van der Waals surface area contributed by atoms with Crippen molar-refractivity contribution < 1.29 is 4.74 Å². The fourth-order valence-corrected chi connectivity index (χ4v) is 1.69. The fourth-order valence-electron chi connectivity index (χ4n) is 1.50. The predicted molar refractivity (Wildman–Crippen MR) is 69.0 cm³/mol. The van der Waals surface area contributed by atoms with Crippen molar-refractivity contribution in [2.75, 3.05) is 12.5 Å². The average molecular weight is 250 g/mol. The molecule has 3 N–H and O–H groups in total. The van der Waals surface area contributed by atoms with E-state index in [9.17, 15) is 0 Å². The molecule has 0 aliphatic heterocycles. The monoisotopic (exact) mass is 249 g/mol. The summed E-state index contributed by atoms with van der Waals surface area (Å²) in [5.74, 6) is 5.98. The molecule has 2 rings (SSSR count). The zero-order valence-electron chi connectivity index (χ0n) is 9.27. The topological polar surface area (TPSA) is 60.2 Å². The van der Waals surface area contributed by atoms with Crippen molar-refractivity contribution in [1.82, 2.24) is 4.98 Å². The highest BCUT2D eigenvalue weighted by atomic mass is 35.5. The predicted octanol–water partition coefficient (Wildman–Crippen LogP) is 2.70. The number of ether oxygens (including phenoxy) is 1. The second kappa shape index (κ2) is 5.03. The number of hydrazine groups is 1. The Hall–Kier alpha value is -1.78. The van der Waals surface area contributed by atoms with Crippen LogP contribution < -0.4 is 16.0 Å². The number of hydrogen-bond donors (Lipinski definition) is 2. The third kappa shape index (κ3) is 2.49. The highest BCUT2D eigenvalue weighted by Crippen LogP contribution is 2.30. The zero-order chi connectivity index (χ0) is 12.3. The van der Waals surface area contributed by atoms with Crippen LogP contribution in [-0.4, -0.2) is 12.1 Å². The quantitative estimate of drug-likeness (QED) is 0.649. The Morgan fingerprint density at radius 2 is 2.12 bits per heavy atom. The van der Waals surface area contributed by atoms with Crippen molar-refractivity contribution in [3.63, 3.8) is 0 Å². The van der Waals surface area contributed by atoms with Gasteiger partial charge in [0.15, 0.2) is 0 Å². The van der Waals surface area contributed by atoms with Gasteiger partial charge in [0.25, 0.3) is 0 Å². The second-order valence-electron chi connectivity index (χ2n) is 3.42. The number of nitrogen functional groups attached to an aromatic ring is 1. The van der Waals surface area contributed by atoms with Crippen LogP contribution in [0.1, 0.15) is 0 Å². The number of hydrogen-bond acceptors (Lipinski definition) is 4. The third-order valence-corrected chi connectivity index (χ3v) is 2.69. The van der Waals surface area contributed by atoms with Crippen LogP contribution in [0.25, 0.3) is 11.3 Å². The van der Waals surface area contributed by atoms with Crippen molar-refractivity contribution >= 4 is 17.3 Å². The molecule has 1 heterocycles. The van der Waals surface area contributed by atoms with Gasteiger partial charge < -0.3 is 10.2 Å². The Bertz CT molecular complexity index is 531. The number of methoxy groups -OCH3 is 1. The fraction of sp³-hybridized carbons (Fsp3) is 0.0833. The molecule has 0 radical (unpaired) electrons. The first kappa shape index (κ1) is 11.7. The van der Waals surface area contributed by atoms with Gasteiger partial charge in [0.1, 0.15) is 5.75 Å². The number of benzene rings is 1. The maximum Gasteiger partial charge on any atom is 0.138 e. The molecule has 0 bridgehead atoms. The van der Waals surface area contributed by atoms with Gasteiger partial charge in [-0.15, -0.1) is 0 Å². The minimum atomic E-state index is 0.573. The van der Waals surface area contributed by atoms with Crippen molar-refractivity contribution in [3.8, 4) is 17.0 Å². The first-order chi connectivity index (χ1) is 8.24. The molecule has 0 amide bonds. The van der Waals surface area contributed by atoms with Crippen molar-refractivity contribution in [3.05, 3.63) is 41.6 Å². The van der Waals surface area contributed by atoms with E-state index < -0.39 is 0 Å². The van der Waals surface area contributed by atoms with Crippen molar-refractivity contribution in [2.45, 2.75) is 0 Å². The standard InChI is InChI=1S/C12H12ClN3O/c1-17-12-6-8(2-3-10(12)13)11-7-9(16-14)4-5-15-11/h2-7H,14H2,1H3,(H,15,16). The summed E-state index contributed by atoms with van der Waals surface area (Å²) in [6.45, 7) is 0. The Labute approximate surface area is 104 Å². The Morgan fingerprint density at radius 3 is 2.82 bits per heavy atom. The maximum absolute atomic E-state index is 5.96. The zero-order valence-corrected chi connectivity index (χ0v) is 10.0. The van der Waals surface area contributed by atoms with Crippen LogP contribution in [-0.2, 0) is 0 Å². The van der Waals surface area contributed by atoms with E-state index in [1.165, 1.54) is 0 Å². The van der Waals surface area contributed by atoms with E-state index in [2.05, 4.69) is 10.4 Å². The van der Waals surface area contributed by atoms with Crippen LogP contribution in [0.15, 0.2) is 36.5 Å². The molecular formula is C12H12ClN3O. The summed E-state index contributed by atoms with van der Waals surface area (Å²) < 4.78 is 5.16. The normalized spacial score (nSPS) is 10.1. The molecule has 4 nitrogen and oxygen atoms in total. The van der Waals surface area contributed by atoms with Crippen molar-refractivity contribution in [2.24, 2.45) is 5.84 Å². The summed E-state index contributed by atoms with van der Waals surface area (Å²) >= 11 is 5.96. The van der Waals surface area contributed by atoms with Gasteiger partial charge in [0.2, 0.25) is 0 Å². The molecule has 0 fully saturated rings. The first-order valence-electron chi connectivity index (χ1n) is 5.01. The van der Waals surface area contributed by atoms with Crippen LogP contribution in [0.3, 0.4) is 0 Å². The maximum atomic E-state index is 5.96. The molecule has 0 spiro atoms. The van der Waals surface area contributed by atoms with Gasteiger partial charge in [-0.1, -0.05) is 17.7 Å². The molecule has 1 aromatic carbocycles. The molecule has 88 valence electrons. The summed E-state index contributed by atoms with van der Waals surface area (Å²) in [7, 11) is 1.58.